The van der Waals surface area contributed by atoms with Crippen LogP contribution >= 0.6 is 0 Å². The van der Waals surface area contributed by atoms with E-state index in [1.807, 2.05) is 6.08 Å². The van der Waals surface area contributed by atoms with Gasteiger partial charge in [-0.2, -0.15) is 0 Å². The van der Waals surface area contributed by atoms with Crippen LogP contribution in [-0.2, 0) is 14.3 Å². The summed E-state index contributed by atoms with van der Waals surface area (Å²) in [6.45, 7) is 3.57. The van der Waals surface area contributed by atoms with Crippen molar-refractivity contribution in [1.29, 1.82) is 0 Å². The minimum Gasteiger partial charge on any atom is -0.446 e. The van der Waals surface area contributed by atoms with E-state index in [1.165, 1.54) is 25.3 Å². The van der Waals surface area contributed by atoms with Crippen molar-refractivity contribution >= 4 is 11.8 Å². The van der Waals surface area contributed by atoms with Gasteiger partial charge >= 0.3 is 5.97 Å². The normalized spacial score (nSPS) is 41.1. The largest absolute Gasteiger partial charge is 0.446 e. The molecule has 0 N–H and O–H groups in total. The summed E-state index contributed by atoms with van der Waals surface area (Å²) in [5, 5.41) is 0. The molecular formula is C23H30O3. The smallest absolute Gasteiger partial charge is 0.304 e. The fourth-order valence-corrected chi connectivity index (χ4v) is 6.66. The highest BCUT2D eigenvalue weighted by Gasteiger charge is 2.57. The topological polar surface area (TPSA) is 43.4 Å². The van der Waals surface area contributed by atoms with E-state index in [-0.39, 0.29) is 5.97 Å². The zero-order valence-corrected chi connectivity index (χ0v) is 16.1. The van der Waals surface area contributed by atoms with Crippen LogP contribution in [0.4, 0.5) is 0 Å². The average molecular weight is 354 g/mol. The molecule has 3 saturated carbocycles. The van der Waals surface area contributed by atoms with Crippen LogP contribution in [0.3, 0.4) is 0 Å². The molecule has 0 heterocycles. The minimum absolute atomic E-state index is 0.196. The van der Waals surface area contributed by atoms with E-state index in [4.69, 9.17) is 4.74 Å². The molecular weight excluding hydrogens is 324 g/mol. The highest BCUT2D eigenvalue weighted by atomic mass is 16.6. The average Bonchev–Trinajstić information content (AvgIpc) is 2.97. The first-order valence-corrected chi connectivity index (χ1v) is 10.5. The number of allylic oxidation sites excluding steroid dienone is 1. The number of hydrogen-bond donors (Lipinski definition) is 0. The van der Waals surface area contributed by atoms with Crippen LogP contribution < -0.4 is 0 Å². The van der Waals surface area contributed by atoms with Crippen molar-refractivity contribution in [2.75, 3.05) is 0 Å². The fraction of sp³-hybridized carbons (Fsp3) is 0.739. The van der Waals surface area contributed by atoms with Crippen molar-refractivity contribution < 1.29 is 14.3 Å². The number of rotatable bonds is 1. The monoisotopic (exact) mass is 354 g/mol. The first kappa shape index (κ1) is 17.8. The molecule has 0 aromatic carbocycles. The molecule has 4 rings (SSSR count). The summed E-state index contributed by atoms with van der Waals surface area (Å²) >= 11 is 0. The predicted molar refractivity (Wildman–Crippen MR) is 100 cm³/mol. The lowest BCUT2D eigenvalue weighted by Crippen LogP contribution is -2.47. The maximum Gasteiger partial charge on any atom is 0.304 e. The van der Waals surface area contributed by atoms with Gasteiger partial charge in [0.05, 0.1) is 0 Å². The van der Waals surface area contributed by atoms with Crippen molar-refractivity contribution in [1.82, 2.24) is 0 Å². The molecule has 0 saturated heterocycles. The first-order chi connectivity index (χ1) is 12.5. The van der Waals surface area contributed by atoms with Gasteiger partial charge in [0.1, 0.15) is 0 Å². The molecule has 0 amide bonds. The van der Waals surface area contributed by atoms with Crippen molar-refractivity contribution in [2.24, 2.45) is 29.6 Å². The lowest BCUT2D eigenvalue weighted by molar-refractivity contribution is -0.157. The maximum absolute atomic E-state index is 11.8. The minimum atomic E-state index is -0.546. The number of ether oxygens (including phenoxy) is 1. The Morgan fingerprint density at radius 2 is 2.00 bits per heavy atom. The molecule has 0 aromatic rings. The highest BCUT2D eigenvalue weighted by Crippen LogP contribution is 2.59. The molecule has 0 unspecified atom stereocenters. The third-order valence-corrected chi connectivity index (χ3v) is 7.49. The molecule has 4 aliphatic carbocycles. The molecule has 3 fully saturated rings. The Balaban J connectivity index is 1.59. The predicted octanol–water partition coefficient (Wildman–Crippen LogP) is 4.45. The summed E-state index contributed by atoms with van der Waals surface area (Å²) in [5.41, 5.74) is 0.881. The molecule has 0 bridgehead atoms. The number of carbonyl (C=O) groups excluding carboxylic acids is 2. The number of carbonyl (C=O) groups is 2. The summed E-state index contributed by atoms with van der Waals surface area (Å²) in [6.07, 6.45) is 11.1. The molecule has 3 nitrogen and oxygen atoms in total. The molecule has 0 spiro atoms. The van der Waals surface area contributed by atoms with E-state index in [2.05, 4.69) is 18.8 Å². The van der Waals surface area contributed by atoms with Crippen molar-refractivity contribution in [2.45, 2.75) is 77.2 Å². The van der Waals surface area contributed by atoms with E-state index >= 15 is 0 Å². The Bertz CT molecular complexity index is 694. The summed E-state index contributed by atoms with van der Waals surface area (Å²) < 4.78 is 5.90. The maximum atomic E-state index is 11.8. The summed E-state index contributed by atoms with van der Waals surface area (Å²) in [4.78, 5) is 23.6. The molecule has 0 radical (unpaired) electrons. The Morgan fingerprint density at radius 3 is 2.77 bits per heavy atom. The number of esters is 1. The second-order valence-corrected chi connectivity index (χ2v) is 8.72. The van der Waals surface area contributed by atoms with Gasteiger partial charge in [-0.1, -0.05) is 24.3 Å². The number of hydrogen-bond acceptors (Lipinski definition) is 3. The van der Waals surface area contributed by atoms with Crippen LogP contribution in [0.25, 0.3) is 0 Å². The summed E-state index contributed by atoms with van der Waals surface area (Å²) in [5.74, 6) is 9.80. The number of ketones is 1. The molecule has 6 atom stereocenters. The third-order valence-electron chi connectivity index (χ3n) is 7.49. The highest BCUT2D eigenvalue weighted by molar-refractivity contribution is 5.91. The van der Waals surface area contributed by atoms with Gasteiger partial charge in [-0.05, 0) is 74.7 Å². The molecule has 4 aliphatic rings. The Hall–Kier alpha value is -1.56. The quantitative estimate of drug-likeness (QED) is 0.516. The van der Waals surface area contributed by atoms with Gasteiger partial charge in [0, 0.05) is 25.7 Å². The first-order valence-electron chi connectivity index (χ1n) is 10.5. The summed E-state index contributed by atoms with van der Waals surface area (Å²) in [7, 11) is 0. The van der Waals surface area contributed by atoms with Crippen LogP contribution in [0, 0.1) is 41.4 Å². The van der Waals surface area contributed by atoms with Gasteiger partial charge in [-0.25, -0.2) is 0 Å². The third kappa shape index (κ3) is 2.92. The standard InChI is InChI=1S/C23H30O3/c1-3-4-12-23(26-15(2)24)13-11-21-20-7-5-16-14-17(25)6-8-18(16)19(20)9-10-22(21)23/h14,18-22H,3,5-11,13H2,1-2H3/t18-,19+,20+,21-,22-,23-/m0/s1. The van der Waals surface area contributed by atoms with Crippen molar-refractivity contribution in [3.8, 4) is 11.8 Å². The van der Waals surface area contributed by atoms with Crippen molar-refractivity contribution in [3.63, 3.8) is 0 Å². The van der Waals surface area contributed by atoms with Gasteiger partial charge in [0.2, 0.25) is 0 Å². The lowest BCUT2D eigenvalue weighted by atomic mass is 9.55. The van der Waals surface area contributed by atoms with E-state index < -0.39 is 5.60 Å². The Labute approximate surface area is 156 Å². The Kier molecular flexibility index (Phi) is 4.71. The molecule has 26 heavy (non-hydrogen) atoms. The number of fused-ring (bicyclic) bond motifs is 5. The molecule has 3 heteroatoms. The molecule has 140 valence electrons. The second-order valence-electron chi connectivity index (χ2n) is 8.72. The zero-order valence-electron chi connectivity index (χ0n) is 16.1. The van der Waals surface area contributed by atoms with Gasteiger partial charge in [0.25, 0.3) is 0 Å². The van der Waals surface area contributed by atoms with E-state index in [9.17, 15) is 9.59 Å². The van der Waals surface area contributed by atoms with Gasteiger partial charge in [-0.15, -0.1) is 0 Å². The van der Waals surface area contributed by atoms with Crippen LogP contribution in [0.5, 0.6) is 0 Å². The van der Waals surface area contributed by atoms with Gasteiger partial charge in [0.15, 0.2) is 11.4 Å². The lowest BCUT2D eigenvalue weighted by Gasteiger charge is -2.50. The van der Waals surface area contributed by atoms with Crippen LogP contribution in [-0.4, -0.2) is 17.4 Å². The van der Waals surface area contributed by atoms with E-state index in [0.29, 0.717) is 29.5 Å². The van der Waals surface area contributed by atoms with Crippen LogP contribution in [0.15, 0.2) is 11.6 Å². The Morgan fingerprint density at radius 1 is 1.15 bits per heavy atom. The van der Waals surface area contributed by atoms with Gasteiger partial charge < -0.3 is 4.74 Å². The SMILES string of the molecule is CCC#C[C@]1(OC(C)=O)CC[C@H]2[C@@H]3CCC4=CC(=O)CC[C@@H]4[C@H]3CC[C@@H]21. The van der Waals surface area contributed by atoms with Crippen LogP contribution in [0.2, 0.25) is 0 Å². The van der Waals surface area contributed by atoms with E-state index in [0.717, 1.165) is 50.9 Å². The van der Waals surface area contributed by atoms with Crippen LogP contribution in [0.1, 0.15) is 71.6 Å². The van der Waals surface area contributed by atoms with Gasteiger partial charge in [-0.3, -0.25) is 9.59 Å². The molecule has 0 aromatic heterocycles. The zero-order chi connectivity index (χ0) is 18.3. The summed E-state index contributed by atoms with van der Waals surface area (Å²) in [6, 6.07) is 0. The van der Waals surface area contributed by atoms with Crippen molar-refractivity contribution in [3.05, 3.63) is 11.6 Å². The molecule has 0 aliphatic heterocycles. The fourth-order valence-electron chi connectivity index (χ4n) is 6.66. The second kappa shape index (κ2) is 6.87. The van der Waals surface area contributed by atoms with E-state index in [1.54, 1.807) is 0 Å².